The van der Waals surface area contributed by atoms with Crippen molar-refractivity contribution in [2.24, 2.45) is 11.1 Å². The molecule has 0 bridgehead atoms. The van der Waals surface area contributed by atoms with Gasteiger partial charge in [0.15, 0.2) is 0 Å². The highest BCUT2D eigenvalue weighted by atomic mass is 16.5. The summed E-state index contributed by atoms with van der Waals surface area (Å²) in [6.07, 6.45) is 0.531. The molecule has 0 fully saturated rings. The molecular formula is C16H25NO2. The fraction of sp³-hybridized carbons (Fsp3) is 0.562. The van der Waals surface area contributed by atoms with E-state index in [2.05, 4.69) is 20.8 Å². The molecule has 3 heteroatoms. The number of hydrogen-bond acceptors (Lipinski definition) is 2. The average molecular weight is 263 g/mol. The molecule has 0 radical (unpaired) electrons. The van der Waals surface area contributed by atoms with Crippen molar-refractivity contribution in [3.63, 3.8) is 0 Å². The van der Waals surface area contributed by atoms with Gasteiger partial charge in [0.25, 0.3) is 0 Å². The highest BCUT2D eigenvalue weighted by molar-refractivity contribution is 5.75. The Kier molecular flexibility index (Phi) is 4.98. The van der Waals surface area contributed by atoms with E-state index in [0.717, 1.165) is 11.3 Å². The number of hydrogen-bond donors (Lipinski definition) is 1. The maximum absolute atomic E-state index is 11.2. The zero-order valence-corrected chi connectivity index (χ0v) is 12.6. The van der Waals surface area contributed by atoms with Gasteiger partial charge in [0.2, 0.25) is 5.91 Å². The van der Waals surface area contributed by atoms with Crippen LogP contribution in [-0.4, -0.2) is 12.0 Å². The molecule has 0 aromatic heterocycles. The summed E-state index contributed by atoms with van der Waals surface area (Å²) in [5, 5.41) is 0. The zero-order valence-electron chi connectivity index (χ0n) is 12.6. The maximum Gasteiger partial charge on any atom is 0.218 e. The van der Waals surface area contributed by atoms with Gasteiger partial charge in [0.05, 0.1) is 6.10 Å². The first-order valence-corrected chi connectivity index (χ1v) is 6.75. The number of nitrogens with two attached hydrogens (primary N) is 1. The van der Waals surface area contributed by atoms with Crippen molar-refractivity contribution < 1.29 is 9.53 Å². The van der Waals surface area contributed by atoms with Crippen LogP contribution in [0.15, 0.2) is 24.3 Å². The molecule has 0 aliphatic rings. The van der Waals surface area contributed by atoms with Crippen molar-refractivity contribution in [1.29, 1.82) is 0 Å². The first-order chi connectivity index (χ1) is 8.70. The van der Waals surface area contributed by atoms with Crippen LogP contribution in [0.25, 0.3) is 0 Å². The van der Waals surface area contributed by atoms with Crippen molar-refractivity contribution in [3.05, 3.63) is 29.8 Å². The molecule has 0 saturated heterocycles. The van der Waals surface area contributed by atoms with Crippen LogP contribution in [0.4, 0.5) is 0 Å². The fourth-order valence-corrected chi connectivity index (χ4v) is 2.18. The van der Waals surface area contributed by atoms with Gasteiger partial charge in [-0.05, 0) is 42.9 Å². The fourth-order valence-electron chi connectivity index (χ4n) is 2.18. The van der Waals surface area contributed by atoms with E-state index in [0.29, 0.717) is 6.42 Å². The van der Waals surface area contributed by atoms with Crippen molar-refractivity contribution in [2.75, 3.05) is 0 Å². The van der Waals surface area contributed by atoms with Crippen LogP contribution in [0.5, 0.6) is 5.75 Å². The quantitative estimate of drug-likeness (QED) is 0.884. The SMILES string of the molecule is CC(C)Oc1ccc(C(CC(N)=O)C(C)(C)C)cc1. The van der Waals surface area contributed by atoms with Gasteiger partial charge >= 0.3 is 0 Å². The summed E-state index contributed by atoms with van der Waals surface area (Å²) < 4.78 is 5.62. The number of primary amides is 1. The Morgan fingerprint density at radius 1 is 1.21 bits per heavy atom. The number of carbonyl (C=O) groups is 1. The monoisotopic (exact) mass is 263 g/mol. The minimum atomic E-state index is -0.262. The summed E-state index contributed by atoms with van der Waals surface area (Å²) in [5.74, 6) is 0.714. The minimum Gasteiger partial charge on any atom is -0.491 e. The third kappa shape index (κ3) is 4.93. The van der Waals surface area contributed by atoms with Gasteiger partial charge in [0.1, 0.15) is 5.75 Å². The standard InChI is InChI=1S/C16H25NO2/c1-11(2)19-13-8-6-12(7-9-13)14(10-15(17)18)16(3,4)5/h6-9,11,14H,10H2,1-5H3,(H2,17,18). The average Bonchev–Trinajstić information content (AvgIpc) is 2.25. The van der Waals surface area contributed by atoms with E-state index in [1.807, 2.05) is 38.1 Å². The Balaban J connectivity index is 2.94. The summed E-state index contributed by atoms with van der Waals surface area (Å²) in [6, 6.07) is 7.96. The van der Waals surface area contributed by atoms with Gasteiger partial charge < -0.3 is 10.5 Å². The van der Waals surface area contributed by atoms with Crippen LogP contribution >= 0.6 is 0 Å². The molecule has 2 N–H and O–H groups in total. The second-order valence-corrected chi connectivity index (χ2v) is 6.32. The van der Waals surface area contributed by atoms with Crippen molar-refractivity contribution in [3.8, 4) is 5.75 Å². The first kappa shape index (κ1) is 15.5. The van der Waals surface area contributed by atoms with Crippen molar-refractivity contribution in [2.45, 2.75) is 53.1 Å². The van der Waals surface area contributed by atoms with Gasteiger partial charge in [-0.3, -0.25) is 4.79 Å². The zero-order chi connectivity index (χ0) is 14.6. The molecule has 0 heterocycles. The van der Waals surface area contributed by atoms with E-state index in [-0.39, 0.29) is 23.3 Å². The van der Waals surface area contributed by atoms with Gasteiger partial charge in [-0.1, -0.05) is 32.9 Å². The molecule has 1 aromatic carbocycles. The van der Waals surface area contributed by atoms with Gasteiger partial charge in [0, 0.05) is 6.42 Å². The van der Waals surface area contributed by atoms with Gasteiger partial charge in [-0.15, -0.1) is 0 Å². The number of amides is 1. The Morgan fingerprint density at radius 2 is 1.74 bits per heavy atom. The minimum absolute atomic E-state index is 0.00451. The first-order valence-electron chi connectivity index (χ1n) is 6.75. The second kappa shape index (κ2) is 6.09. The molecule has 1 unspecified atom stereocenters. The van der Waals surface area contributed by atoms with Gasteiger partial charge in [-0.25, -0.2) is 0 Å². The lowest BCUT2D eigenvalue weighted by Gasteiger charge is -2.30. The molecule has 0 aliphatic heterocycles. The molecule has 106 valence electrons. The molecule has 1 rings (SSSR count). The third-order valence-electron chi connectivity index (χ3n) is 3.10. The normalized spacial score (nSPS) is 13.4. The highest BCUT2D eigenvalue weighted by Gasteiger charge is 2.27. The van der Waals surface area contributed by atoms with Crippen LogP contribution in [0, 0.1) is 5.41 Å². The Bertz CT molecular complexity index is 415. The predicted molar refractivity (Wildman–Crippen MR) is 78.2 cm³/mol. The van der Waals surface area contributed by atoms with E-state index < -0.39 is 0 Å². The predicted octanol–water partition coefficient (Wildman–Crippen LogP) is 3.48. The molecule has 0 saturated carbocycles. The van der Waals surface area contributed by atoms with Crippen LogP contribution in [-0.2, 0) is 4.79 Å². The molecule has 1 atom stereocenters. The van der Waals surface area contributed by atoms with E-state index in [4.69, 9.17) is 10.5 Å². The molecule has 0 spiro atoms. The van der Waals surface area contributed by atoms with Gasteiger partial charge in [-0.2, -0.15) is 0 Å². The van der Waals surface area contributed by atoms with Crippen molar-refractivity contribution >= 4 is 5.91 Å². The second-order valence-electron chi connectivity index (χ2n) is 6.32. The summed E-state index contributed by atoms with van der Waals surface area (Å²) >= 11 is 0. The Labute approximate surface area is 116 Å². The topological polar surface area (TPSA) is 52.3 Å². The third-order valence-corrected chi connectivity index (χ3v) is 3.10. The van der Waals surface area contributed by atoms with E-state index in [1.165, 1.54) is 0 Å². The Morgan fingerprint density at radius 3 is 2.11 bits per heavy atom. The van der Waals surface area contributed by atoms with Crippen LogP contribution in [0.3, 0.4) is 0 Å². The number of ether oxygens (including phenoxy) is 1. The van der Waals surface area contributed by atoms with Crippen LogP contribution in [0.2, 0.25) is 0 Å². The molecule has 1 amide bonds. The lowest BCUT2D eigenvalue weighted by Crippen LogP contribution is -2.24. The maximum atomic E-state index is 11.2. The van der Waals surface area contributed by atoms with Crippen LogP contribution in [0.1, 0.15) is 52.5 Å². The summed E-state index contributed by atoms with van der Waals surface area (Å²) in [4.78, 5) is 11.2. The van der Waals surface area contributed by atoms with E-state index >= 15 is 0 Å². The number of carbonyl (C=O) groups excluding carboxylic acids is 1. The molecular weight excluding hydrogens is 238 g/mol. The molecule has 0 aliphatic carbocycles. The summed E-state index contributed by atoms with van der Waals surface area (Å²) in [7, 11) is 0. The molecule has 3 nitrogen and oxygen atoms in total. The molecule has 1 aromatic rings. The summed E-state index contributed by atoms with van der Waals surface area (Å²) in [6.45, 7) is 10.4. The smallest absolute Gasteiger partial charge is 0.218 e. The summed E-state index contributed by atoms with van der Waals surface area (Å²) in [5.41, 5.74) is 6.48. The van der Waals surface area contributed by atoms with E-state index in [1.54, 1.807) is 0 Å². The number of rotatable bonds is 5. The largest absolute Gasteiger partial charge is 0.491 e. The number of benzene rings is 1. The Hall–Kier alpha value is -1.51. The van der Waals surface area contributed by atoms with Crippen molar-refractivity contribution in [1.82, 2.24) is 0 Å². The van der Waals surface area contributed by atoms with E-state index in [9.17, 15) is 4.79 Å². The van der Waals surface area contributed by atoms with Crippen LogP contribution < -0.4 is 10.5 Å². The lowest BCUT2D eigenvalue weighted by molar-refractivity contribution is -0.118. The lowest BCUT2D eigenvalue weighted by atomic mass is 9.74. The molecule has 19 heavy (non-hydrogen) atoms. The highest BCUT2D eigenvalue weighted by Crippen LogP contribution is 2.38.